The molecule has 1 aliphatic heterocycles. The third kappa shape index (κ3) is 5.56. The third-order valence-electron chi connectivity index (χ3n) is 4.96. The summed E-state index contributed by atoms with van der Waals surface area (Å²) < 4.78 is 10.5. The molecule has 1 N–H and O–H groups in total. The molecule has 2 heterocycles. The molecule has 9 heteroatoms. The molecule has 0 atom stereocenters. The lowest BCUT2D eigenvalue weighted by molar-refractivity contribution is 0.0299. The van der Waals surface area contributed by atoms with E-state index in [0.717, 1.165) is 16.8 Å². The Balaban J connectivity index is 1.69. The van der Waals surface area contributed by atoms with Gasteiger partial charge in [-0.3, -0.25) is 4.79 Å². The van der Waals surface area contributed by atoms with Crippen molar-refractivity contribution in [3.63, 3.8) is 0 Å². The maximum atomic E-state index is 13.0. The summed E-state index contributed by atoms with van der Waals surface area (Å²) in [6.07, 6.45) is 0. The molecule has 1 fully saturated rings. The minimum Gasteiger partial charge on any atom is -0.383 e. The number of carbonyl (C=O) groups is 2. The highest BCUT2D eigenvalue weighted by Gasteiger charge is 2.22. The van der Waals surface area contributed by atoms with E-state index < -0.39 is 0 Å². The fraction of sp³-hybridized carbons (Fsp3) is 0.476. The summed E-state index contributed by atoms with van der Waals surface area (Å²) in [5.41, 5.74) is 3.23. The lowest BCUT2D eigenvalue weighted by atomic mass is 10.1. The maximum Gasteiger partial charge on any atom is 0.322 e. The van der Waals surface area contributed by atoms with E-state index in [9.17, 15) is 9.59 Å². The SMILES string of the molecule is COCCN(Cc1nc(C(=O)N2CCOCC2)cs1)C(=O)Nc1c(C)cccc1C. The highest BCUT2D eigenvalue weighted by atomic mass is 32.1. The topological polar surface area (TPSA) is 84.0 Å². The van der Waals surface area contributed by atoms with Gasteiger partial charge in [0.1, 0.15) is 10.7 Å². The number of amides is 3. The van der Waals surface area contributed by atoms with Crippen LogP contribution >= 0.6 is 11.3 Å². The second kappa shape index (κ2) is 10.5. The fourth-order valence-corrected chi connectivity index (χ4v) is 4.01. The Morgan fingerprint density at radius 1 is 1.27 bits per heavy atom. The molecule has 0 aliphatic carbocycles. The van der Waals surface area contributed by atoms with Gasteiger partial charge in [-0.25, -0.2) is 9.78 Å². The number of anilines is 1. The zero-order valence-corrected chi connectivity index (χ0v) is 18.5. The van der Waals surface area contributed by atoms with Crippen LogP contribution in [0, 0.1) is 13.8 Å². The van der Waals surface area contributed by atoms with Crippen LogP contribution in [-0.2, 0) is 16.0 Å². The van der Waals surface area contributed by atoms with Crippen LogP contribution in [0.25, 0.3) is 0 Å². The largest absolute Gasteiger partial charge is 0.383 e. The summed E-state index contributed by atoms with van der Waals surface area (Å²) in [5.74, 6) is -0.0933. The van der Waals surface area contributed by atoms with Crippen molar-refractivity contribution in [1.82, 2.24) is 14.8 Å². The Morgan fingerprint density at radius 2 is 1.97 bits per heavy atom. The number of rotatable bonds is 7. The smallest absolute Gasteiger partial charge is 0.322 e. The summed E-state index contributed by atoms with van der Waals surface area (Å²) in [4.78, 5) is 33.5. The van der Waals surface area contributed by atoms with Crippen LogP contribution in [0.2, 0.25) is 0 Å². The monoisotopic (exact) mass is 432 g/mol. The van der Waals surface area contributed by atoms with Crippen molar-refractivity contribution in [3.05, 3.63) is 45.4 Å². The van der Waals surface area contributed by atoms with Crippen molar-refractivity contribution in [1.29, 1.82) is 0 Å². The molecule has 2 aromatic rings. The van der Waals surface area contributed by atoms with Gasteiger partial charge >= 0.3 is 6.03 Å². The minimum atomic E-state index is -0.222. The number of ether oxygens (including phenoxy) is 2. The van der Waals surface area contributed by atoms with E-state index in [4.69, 9.17) is 9.47 Å². The third-order valence-corrected chi connectivity index (χ3v) is 5.79. The molecule has 0 unspecified atom stereocenters. The van der Waals surface area contributed by atoms with Gasteiger partial charge < -0.3 is 24.6 Å². The molecule has 1 aliphatic rings. The van der Waals surface area contributed by atoms with Crippen LogP contribution in [0.5, 0.6) is 0 Å². The molecule has 3 amide bonds. The van der Waals surface area contributed by atoms with Gasteiger partial charge in [-0.05, 0) is 25.0 Å². The van der Waals surface area contributed by atoms with Gasteiger partial charge in [-0.15, -0.1) is 11.3 Å². The number of para-hydroxylation sites is 1. The number of nitrogens with zero attached hydrogens (tertiary/aromatic N) is 3. The first-order valence-corrected chi connectivity index (χ1v) is 10.8. The predicted octanol–water partition coefficient (Wildman–Crippen LogP) is 2.91. The van der Waals surface area contributed by atoms with E-state index in [0.29, 0.717) is 56.7 Å². The minimum absolute atomic E-state index is 0.0933. The molecule has 0 saturated carbocycles. The Morgan fingerprint density at radius 3 is 2.63 bits per heavy atom. The summed E-state index contributed by atoms with van der Waals surface area (Å²) in [7, 11) is 1.60. The second-order valence-electron chi connectivity index (χ2n) is 7.14. The van der Waals surface area contributed by atoms with Crippen molar-refractivity contribution in [3.8, 4) is 0 Å². The van der Waals surface area contributed by atoms with E-state index in [1.807, 2.05) is 32.0 Å². The number of benzene rings is 1. The van der Waals surface area contributed by atoms with E-state index in [-0.39, 0.29) is 11.9 Å². The van der Waals surface area contributed by atoms with Crippen molar-refractivity contribution in [2.24, 2.45) is 0 Å². The van der Waals surface area contributed by atoms with E-state index in [1.165, 1.54) is 11.3 Å². The Hall–Kier alpha value is -2.49. The van der Waals surface area contributed by atoms with Crippen molar-refractivity contribution < 1.29 is 19.1 Å². The first kappa shape index (κ1) is 22.2. The molecule has 0 radical (unpaired) electrons. The molecule has 1 aromatic heterocycles. The van der Waals surface area contributed by atoms with Crippen LogP contribution in [0.1, 0.15) is 26.6 Å². The number of thiazole rings is 1. The molecular weight excluding hydrogens is 404 g/mol. The zero-order chi connectivity index (χ0) is 21.5. The quantitative estimate of drug-likeness (QED) is 0.727. The van der Waals surface area contributed by atoms with Crippen LogP contribution in [-0.4, -0.2) is 73.3 Å². The normalized spacial score (nSPS) is 13.9. The lowest BCUT2D eigenvalue weighted by Crippen LogP contribution is -2.40. The van der Waals surface area contributed by atoms with Crippen LogP contribution in [0.3, 0.4) is 0 Å². The van der Waals surface area contributed by atoms with Crippen LogP contribution in [0.4, 0.5) is 10.5 Å². The number of nitrogens with one attached hydrogen (secondary N) is 1. The van der Waals surface area contributed by atoms with Crippen LogP contribution < -0.4 is 5.32 Å². The lowest BCUT2D eigenvalue weighted by Gasteiger charge is -2.26. The predicted molar refractivity (Wildman–Crippen MR) is 116 cm³/mol. The van der Waals surface area contributed by atoms with E-state index in [2.05, 4.69) is 10.3 Å². The Kier molecular flexibility index (Phi) is 7.78. The van der Waals surface area contributed by atoms with Gasteiger partial charge in [0.15, 0.2) is 0 Å². The Labute approximate surface area is 180 Å². The average molecular weight is 433 g/mol. The molecule has 8 nitrogen and oxygen atoms in total. The summed E-state index contributed by atoms with van der Waals surface area (Å²) in [5, 5.41) is 5.47. The number of aryl methyl sites for hydroxylation is 2. The average Bonchev–Trinajstić information content (AvgIpc) is 3.22. The highest BCUT2D eigenvalue weighted by Crippen LogP contribution is 2.21. The fourth-order valence-electron chi connectivity index (χ4n) is 3.22. The summed E-state index contributed by atoms with van der Waals surface area (Å²) in [6, 6.07) is 5.67. The van der Waals surface area contributed by atoms with Gasteiger partial charge in [0.05, 0.1) is 26.4 Å². The van der Waals surface area contributed by atoms with Crippen molar-refractivity contribution in [2.75, 3.05) is 51.9 Å². The molecule has 1 aromatic carbocycles. The maximum absolute atomic E-state index is 13.0. The molecule has 162 valence electrons. The number of methoxy groups -OCH3 is 1. The number of hydrogen-bond donors (Lipinski definition) is 1. The molecule has 3 rings (SSSR count). The number of urea groups is 1. The number of aromatic nitrogens is 1. The number of morpholine rings is 1. The van der Waals surface area contributed by atoms with Gasteiger partial charge in [0, 0.05) is 37.8 Å². The van der Waals surface area contributed by atoms with Crippen molar-refractivity contribution in [2.45, 2.75) is 20.4 Å². The van der Waals surface area contributed by atoms with Crippen molar-refractivity contribution >= 4 is 29.0 Å². The molecule has 1 saturated heterocycles. The summed E-state index contributed by atoms with van der Waals surface area (Å²) in [6.45, 7) is 7.30. The molecule has 0 spiro atoms. The molecule has 30 heavy (non-hydrogen) atoms. The van der Waals surface area contributed by atoms with E-state index >= 15 is 0 Å². The number of carbonyl (C=O) groups excluding carboxylic acids is 2. The van der Waals surface area contributed by atoms with Gasteiger partial charge in [0.2, 0.25) is 0 Å². The summed E-state index contributed by atoms with van der Waals surface area (Å²) >= 11 is 1.38. The molecule has 0 bridgehead atoms. The molecular formula is C21H28N4O4S. The van der Waals surface area contributed by atoms with Gasteiger partial charge in [-0.1, -0.05) is 18.2 Å². The highest BCUT2D eigenvalue weighted by molar-refractivity contribution is 7.09. The zero-order valence-electron chi connectivity index (χ0n) is 17.6. The van der Waals surface area contributed by atoms with Gasteiger partial charge in [-0.2, -0.15) is 0 Å². The second-order valence-corrected chi connectivity index (χ2v) is 8.09. The first-order chi connectivity index (χ1) is 14.5. The number of hydrogen-bond acceptors (Lipinski definition) is 6. The standard InChI is InChI=1S/C21H28N4O4S/c1-15-5-4-6-16(2)19(15)23-21(27)25(7-10-28-3)13-18-22-17(14-30-18)20(26)24-8-11-29-12-9-24/h4-6,14H,7-13H2,1-3H3,(H,23,27). The Bertz CT molecular complexity index is 859. The van der Waals surface area contributed by atoms with Gasteiger partial charge in [0.25, 0.3) is 5.91 Å². The first-order valence-electron chi connectivity index (χ1n) is 9.92. The van der Waals surface area contributed by atoms with Crippen LogP contribution in [0.15, 0.2) is 23.6 Å². The van der Waals surface area contributed by atoms with E-state index in [1.54, 1.807) is 22.3 Å².